The van der Waals surface area contributed by atoms with Gasteiger partial charge in [-0.1, -0.05) is 23.8 Å². The Morgan fingerprint density at radius 3 is 2.48 bits per heavy atom. The SMILES string of the molecule is CC1=CC[C@H]2CN(Cc3ccc(S(C)(=O)=O)cc3)C[C@H]2C1. The molecule has 0 radical (unpaired) electrons. The second-order valence-electron chi connectivity index (χ2n) is 6.62. The number of rotatable bonds is 3. The summed E-state index contributed by atoms with van der Waals surface area (Å²) in [5.74, 6) is 1.62. The van der Waals surface area contributed by atoms with Crippen LogP contribution in [0, 0.1) is 11.8 Å². The Balaban J connectivity index is 1.63. The lowest BCUT2D eigenvalue weighted by Gasteiger charge is -2.22. The molecule has 114 valence electrons. The van der Waals surface area contributed by atoms with E-state index in [2.05, 4.69) is 17.9 Å². The molecule has 0 unspecified atom stereocenters. The molecule has 0 bridgehead atoms. The summed E-state index contributed by atoms with van der Waals surface area (Å²) in [5.41, 5.74) is 2.74. The van der Waals surface area contributed by atoms with Gasteiger partial charge in [0.1, 0.15) is 0 Å². The molecule has 1 heterocycles. The van der Waals surface area contributed by atoms with Gasteiger partial charge < -0.3 is 0 Å². The van der Waals surface area contributed by atoms with E-state index in [4.69, 9.17) is 0 Å². The highest BCUT2D eigenvalue weighted by Crippen LogP contribution is 2.36. The van der Waals surface area contributed by atoms with Crippen molar-refractivity contribution in [2.75, 3.05) is 19.3 Å². The maximum Gasteiger partial charge on any atom is 0.175 e. The molecule has 1 saturated heterocycles. The van der Waals surface area contributed by atoms with E-state index < -0.39 is 9.84 Å². The molecule has 1 aromatic carbocycles. The zero-order valence-corrected chi connectivity index (χ0v) is 13.6. The van der Waals surface area contributed by atoms with Gasteiger partial charge in [-0.2, -0.15) is 0 Å². The first kappa shape index (κ1) is 14.8. The molecule has 1 aliphatic carbocycles. The van der Waals surface area contributed by atoms with Crippen LogP contribution in [-0.2, 0) is 16.4 Å². The largest absolute Gasteiger partial charge is 0.298 e. The van der Waals surface area contributed by atoms with Crippen LogP contribution in [0.3, 0.4) is 0 Å². The lowest BCUT2D eigenvalue weighted by molar-refractivity contribution is 0.314. The van der Waals surface area contributed by atoms with Gasteiger partial charge in [0.25, 0.3) is 0 Å². The predicted octanol–water partition coefficient (Wildman–Crippen LogP) is 2.88. The van der Waals surface area contributed by atoms with E-state index in [0.717, 1.165) is 18.4 Å². The van der Waals surface area contributed by atoms with Gasteiger partial charge in [0.15, 0.2) is 9.84 Å². The number of likely N-dealkylation sites (tertiary alicyclic amines) is 1. The maximum absolute atomic E-state index is 11.5. The second kappa shape index (κ2) is 5.58. The third-order valence-corrected chi connectivity index (χ3v) is 5.89. The molecule has 0 N–H and O–H groups in total. The van der Waals surface area contributed by atoms with Gasteiger partial charge in [-0.3, -0.25) is 4.90 Å². The highest BCUT2D eigenvalue weighted by atomic mass is 32.2. The van der Waals surface area contributed by atoms with Crippen LogP contribution >= 0.6 is 0 Å². The topological polar surface area (TPSA) is 37.4 Å². The van der Waals surface area contributed by atoms with Gasteiger partial charge in [0, 0.05) is 25.9 Å². The third kappa shape index (κ3) is 3.38. The Bertz CT molecular complexity index is 646. The molecule has 0 spiro atoms. The first-order valence-corrected chi connectivity index (χ1v) is 9.48. The fourth-order valence-electron chi connectivity index (χ4n) is 3.61. The zero-order chi connectivity index (χ0) is 15.0. The van der Waals surface area contributed by atoms with Crippen LogP contribution < -0.4 is 0 Å². The summed E-state index contributed by atoms with van der Waals surface area (Å²) in [5, 5.41) is 0. The van der Waals surface area contributed by atoms with E-state index >= 15 is 0 Å². The molecule has 3 rings (SSSR count). The van der Waals surface area contributed by atoms with Gasteiger partial charge in [-0.15, -0.1) is 0 Å². The Hall–Kier alpha value is -1.13. The van der Waals surface area contributed by atoms with Crippen molar-refractivity contribution in [1.82, 2.24) is 4.90 Å². The maximum atomic E-state index is 11.5. The fraction of sp³-hybridized carbons (Fsp3) is 0.529. The van der Waals surface area contributed by atoms with Crippen LogP contribution in [0.15, 0.2) is 40.8 Å². The second-order valence-corrected chi connectivity index (χ2v) is 8.64. The van der Waals surface area contributed by atoms with E-state index in [1.54, 1.807) is 12.1 Å². The number of benzene rings is 1. The summed E-state index contributed by atoms with van der Waals surface area (Å²) < 4.78 is 22.9. The van der Waals surface area contributed by atoms with Gasteiger partial charge in [-0.25, -0.2) is 8.42 Å². The van der Waals surface area contributed by atoms with Crippen LogP contribution in [0.5, 0.6) is 0 Å². The number of fused-ring (bicyclic) bond motifs is 1. The normalized spacial score (nSPS) is 26.5. The van der Waals surface area contributed by atoms with Crippen LogP contribution in [0.4, 0.5) is 0 Å². The van der Waals surface area contributed by atoms with Crippen molar-refractivity contribution < 1.29 is 8.42 Å². The molecule has 0 aromatic heterocycles. The van der Waals surface area contributed by atoms with E-state index in [-0.39, 0.29) is 0 Å². The summed E-state index contributed by atoms with van der Waals surface area (Å²) >= 11 is 0. The van der Waals surface area contributed by atoms with Gasteiger partial charge in [0.2, 0.25) is 0 Å². The number of hydrogen-bond donors (Lipinski definition) is 0. The Morgan fingerprint density at radius 1 is 1.14 bits per heavy atom. The van der Waals surface area contributed by atoms with Crippen LogP contribution in [0.1, 0.15) is 25.3 Å². The van der Waals surface area contributed by atoms with Crippen molar-refractivity contribution in [3.63, 3.8) is 0 Å². The molecule has 1 fully saturated rings. The Morgan fingerprint density at radius 2 is 1.81 bits per heavy atom. The zero-order valence-electron chi connectivity index (χ0n) is 12.7. The van der Waals surface area contributed by atoms with E-state index in [0.29, 0.717) is 4.90 Å². The predicted molar refractivity (Wildman–Crippen MR) is 84.8 cm³/mol. The molecule has 3 nitrogen and oxygen atoms in total. The molecule has 0 saturated carbocycles. The molecule has 4 heteroatoms. The van der Waals surface area contributed by atoms with E-state index in [1.165, 1.54) is 43.3 Å². The molecule has 21 heavy (non-hydrogen) atoms. The molecular weight excluding hydrogens is 282 g/mol. The van der Waals surface area contributed by atoms with Gasteiger partial charge in [0.05, 0.1) is 4.90 Å². The molecule has 1 aromatic rings. The van der Waals surface area contributed by atoms with Gasteiger partial charge >= 0.3 is 0 Å². The molecular formula is C17H23NO2S. The average molecular weight is 305 g/mol. The first-order chi connectivity index (χ1) is 9.91. The minimum Gasteiger partial charge on any atom is -0.298 e. The van der Waals surface area contributed by atoms with Crippen LogP contribution in [0.25, 0.3) is 0 Å². The van der Waals surface area contributed by atoms with Crippen molar-refractivity contribution >= 4 is 9.84 Å². The number of allylic oxidation sites excluding steroid dienone is 2. The van der Waals surface area contributed by atoms with Crippen molar-refractivity contribution in [3.8, 4) is 0 Å². The highest BCUT2D eigenvalue weighted by Gasteiger charge is 2.33. The van der Waals surface area contributed by atoms with Crippen LogP contribution in [-0.4, -0.2) is 32.7 Å². The molecule has 2 aliphatic rings. The lowest BCUT2D eigenvalue weighted by Crippen LogP contribution is -2.20. The summed E-state index contributed by atoms with van der Waals surface area (Å²) in [6.45, 7) is 5.50. The number of nitrogens with zero attached hydrogens (tertiary/aromatic N) is 1. The highest BCUT2D eigenvalue weighted by molar-refractivity contribution is 7.90. The van der Waals surface area contributed by atoms with Crippen molar-refractivity contribution in [2.24, 2.45) is 11.8 Å². The quantitative estimate of drug-likeness (QED) is 0.806. The van der Waals surface area contributed by atoms with Gasteiger partial charge in [-0.05, 0) is 49.3 Å². The fourth-order valence-corrected chi connectivity index (χ4v) is 4.24. The third-order valence-electron chi connectivity index (χ3n) is 4.76. The Kier molecular flexibility index (Phi) is 3.93. The average Bonchev–Trinajstić information content (AvgIpc) is 2.79. The number of hydrogen-bond acceptors (Lipinski definition) is 3. The monoisotopic (exact) mass is 305 g/mol. The van der Waals surface area contributed by atoms with Crippen LogP contribution in [0.2, 0.25) is 0 Å². The van der Waals surface area contributed by atoms with Crippen molar-refractivity contribution in [1.29, 1.82) is 0 Å². The smallest absolute Gasteiger partial charge is 0.175 e. The van der Waals surface area contributed by atoms with E-state index in [9.17, 15) is 8.42 Å². The minimum atomic E-state index is -3.09. The summed E-state index contributed by atoms with van der Waals surface area (Å²) in [7, 11) is -3.09. The standard InChI is InChI=1S/C17H23NO2S/c1-13-3-6-15-11-18(12-16(15)9-13)10-14-4-7-17(8-5-14)21(2,19)20/h3-5,7-8,15-16H,6,9-12H2,1-2H3/t15-,16+/m0/s1. The van der Waals surface area contributed by atoms with Crippen molar-refractivity contribution in [3.05, 3.63) is 41.5 Å². The minimum absolute atomic E-state index is 0.404. The molecule has 0 amide bonds. The summed E-state index contributed by atoms with van der Waals surface area (Å²) in [6.07, 6.45) is 6.11. The lowest BCUT2D eigenvalue weighted by atomic mass is 9.83. The molecule has 2 atom stereocenters. The number of sulfone groups is 1. The summed E-state index contributed by atoms with van der Waals surface area (Å²) in [4.78, 5) is 2.91. The molecule has 1 aliphatic heterocycles. The first-order valence-electron chi connectivity index (χ1n) is 7.59. The summed E-state index contributed by atoms with van der Waals surface area (Å²) in [6, 6.07) is 7.34. The van der Waals surface area contributed by atoms with E-state index in [1.807, 2.05) is 12.1 Å². The van der Waals surface area contributed by atoms with Crippen molar-refractivity contribution in [2.45, 2.75) is 31.2 Å². The Labute approximate surface area is 127 Å².